The number of likely N-dealkylation sites (N-methyl/N-ethyl adjacent to an activating group) is 2. The number of hydrogen-bond donors (Lipinski definition) is 2. The zero-order valence-electron chi connectivity index (χ0n) is 19.2. The summed E-state index contributed by atoms with van der Waals surface area (Å²) in [5.74, 6) is 0.712. The lowest BCUT2D eigenvalue weighted by Gasteiger charge is -2.25. The van der Waals surface area contributed by atoms with Crippen molar-refractivity contribution in [2.75, 3.05) is 33.2 Å². The summed E-state index contributed by atoms with van der Waals surface area (Å²) in [7, 11) is 1.87. The van der Waals surface area contributed by atoms with Crippen LogP contribution in [-0.4, -0.2) is 66.8 Å². The smallest absolute Gasteiger partial charge is 0.251 e. The van der Waals surface area contributed by atoms with E-state index in [1.165, 1.54) is 0 Å². The monoisotopic (exact) mass is 531 g/mol. The molecule has 2 amide bonds. The van der Waals surface area contributed by atoms with E-state index in [2.05, 4.69) is 15.6 Å². The van der Waals surface area contributed by atoms with Gasteiger partial charge in [0.25, 0.3) is 5.91 Å². The van der Waals surface area contributed by atoms with Gasteiger partial charge in [0.05, 0.1) is 13.1 Å². The third-order valence-corrected chi connectivity index (χ3v) is 4.80. The van der Waals surface area contributed by atoms with Gasteiger partial charge in [-0.1, -0.05) is 19.1 Å². The number of guanidine groups is 1. The van der Waals surface area contributed by atoms with E-state index in [0.29, 0.717) is 31.2 Å². The molecule has 2 N–H and O–H groups in total. The van der Waals surface area contributed by atoms with Crippen LogP contribution in [0.4, 0.5) is 0 Å². The molecule has 0 spiro atoms. The Bertz CT molecular complexity index is 675. The molecular formula is C22H38IN5O2. The number of rotatable bonds is 10. The van der Waals surface area contributed by atoms with E-state index in [1.807, 2.05) is 75.7 Å². The van der Waals surface area contributed by atoms with Gasteiger partial charge in [-0.2, -0.15) is 0 Å². The Hall–Kier alpha value is -1.84. The molecule has 1 aromatic rings. The number of benzene rings is 1. The molecule has 0 aliphatic rings. The van der Waals surface area contributed by atoms with Gasteiger partial charge in [-0.15, -0.1) is 24.0 Å². The molecule has 1 unspecified atom stereocenters. The molecule has 8 heteroatoms. The largest absolute Gasteiger partial charge is 0.357 e. The fraction of sp³-hybridized carbons (Fsp3) is 0.591. The van der Waals surface area contributed by atoms with Crippen LogP contribution >= 0.6 is 24.0 Å². The summed E-state index contributed by atoms with van der Waals surface area (Å²) in [6.45, 7) is 12.9. The number of aliphatic imine (C=N–C) groups is 1. The van der Waals surface area contributed by atoms with Crippen molar-refractivity contribution in [1.29, 1.82) is 0 Å². The topological polar surface area (TPSA) is 77.0 Å². The number of nitrogens with one attached hydrogen (secondary N) is 2. The Morgan fingerprint density at radius 3 is 2.17 bits per heavy atom. The van der Waals surface area contributed by atoms with Gasteiger partial charge in [0.1, 0.15) is 0 Å². The Labute approximate surface area is 198 Å². The molecule has 0 bridgehead atoms. The second-order valence-corrected chi connectivity index (χ2v) is 7.07. The molecule has 0 saturated carbocycles. The first-order valence-corrected chi connectivity index (χ1v) is 10.5. The molecule has 0 aromatic heterocycles. The minimum Gasteiger partial charge on any atom is -0.357 e. The molecular weight excluding hydrogens is 493 g/mol. The van der Waals surface area contributed by atoms with Gasteiger partial charge in [0.15, 0.2) is 5.96 Å². The highest BCUT2D eigenvalue weighted by molar-refractivity contribution is 14.0. The van der Waals surface area contributed by atoms with E-state index in [-0.39, 0.29) is 48.4 Å². The molecule has 7 nitrogen and oxygen atoms in total. The van der Waals surface area contributed by atoms with Gasteiger partial charge < -0.3 is 20.4 Å². The minimum atomic E-state index is -0.0580. The van der Waals surface area contributed by atoms with E-state index in [9.17, 15) is 9.59 Å². The number of carbonyl (C=O) groups excluding carboxylic acids is 2. The molecule has 30 heavy (non-hydrogen) atoms. The van der Waals surface area contributed by atoms with Crippen LogP contribution in [0.3, 0.4) is 0 Å². The summed E-state index contributed by atoms with van der Waals surface area (Å²) in [5, 5.41) is 6.20. The van der Waals surface area contributed by atoms with Crippen LogP contribution < -0.4 is 10.6 Å². The summed E-state index contributed by atoms with van der Waals surface area (Å²) in [4.78, 5) is 32.8. The van der Waals surface area contributed by atoms with Crippen molar-refractivity contribution in [2.45, 2.75) is 53.6 Å². The van der Waals surface area contributed by atoms with Crippen molar-refractivity contribution in [3.63, 3.8) is 0 Å². The van der Waals surface area contributed by atoms with Gasteiger partial charge in [0, 0.05) is 38.3 Å². The highest BCUT2D eigenvalue weighted by atomic mass is 127. The average Bonchev–Trinajstić information content (AvgIpc) is 2.72. The molecule has 1 rings (SSSR count). The number of halogens is 1. The molecule has 170 valence electrons. The van der Waals surface area contributed by atoms with E-state index in [1.54, 1.807) is 0 Å². The van der Waals surface area contributed by atoms with Crippen LogP contribution in [0.25, 0.3) is 0 Å². The van der Waals surface area contributed by atoms with Crippen LogP contribution in [0, 0.1) is 0 Å². The van der Waals surface area contributed by atoms with Crippen molar-refractivity contribution in [3.05, 3.63) is 35.4 Å². The predicted molar refractivity (Wildman–Crippen MR) is 134 cm³/mol. The second-order valence-electron chi connectivity index (χ2n) is 7.07. The van der Waals surface area contributed by atoms with Crippen LogP contribution in [0.5, 0.6) is 0 Å². The fourth-order valence-corrected chi connectivity index (χ4v) is 2.76. The first-order valence-electron chi connectivity index (χ1n) is 10.5. The second kappa shape index (κ2) is 15.0. The lowest BCUT2D eigenvalue weighted by Crippen LogP contribution is -2.45. The predicted octanol–water partition coefficient (Wildman–Crippen LogP) is 3.10. The summed E-state index contributed by atoms with van der Waals surface area (Å²) in [6, 6.07) is 7.63. The highest BCUT2D eigenvalue weighted by Gasteiger charge is 2.15. The van der Waals surface area contributed by atoms with Crippen molar-refractivity contribution in [1.82, 2.24) is 20.4 Å². The van der Waals surface area contributed by atoms with Gasteiger partial charge >= 0.3 is 0 Å². The van der Waals surface area contributed by atoms with Crippen LogP contribution in [0.1, 0.15) is 57.0 Å². The maximum atomic E-state index is 12.4. The fourth-order valence-electron chi connectivity index (χ4n) is 2.76. The van der Waals surface area contributed by atoms with Crippen molar-refractivity contribution in [3.8, 4) is 0 Å². The molecule has 1 atom stereocenters. The number of amides is 2. The van der Waals surface area contributed by atoms with E-state index in [0.717, 1.165) is 18.5 Å². The van der Waals surface area contributed by atoms with Crippen LogP contribution in [0.2, 0.25) is 0 Å². The molecule has 1 aromatic carbocycles. The Morgan fingerprint density at radius 1 is 1.07 bits per heavy atom. The quantitative estimate of drug-likeness (QED) is 0.277. The molecule has 0 saturated heterocycles. The highest BCUT2D eigenvalue weighted by Crippen LogP contribution is 2.07. The summed E-state index contributed by atoms with van der Waals surface area (Å²) in [5.41, 5.74) is 1.65. The average molecular weight is 531 g/mol. The summed E-state index contributed by atoms with van der Waals surface area (Å²) >= 11 is 0. The van der Waals surface area contributed by atoms with Gasteiger partial charge in [-0.25, -0.2) is 4.99 Å². The third kappa shape index (κ3) is 9.32. The first-order chi connectivity index (χ1) is 13.9. The molecule has 0 aliphatic carbocycles. The number of hydrogen-bond acceptors (Lipinski definition) is 3. The molecule has 0 radical (unpaired) electrons. The number of carbonyl (C=O) groups is 2. The Kier molecular flexibility index (Phi) is 14.1. The standard InChI is InChI=1S/C22H37N5O2.HI/c1-7-17(5)25-21(29)19-13-11-18(12-14-19)15-24-22(23-8-2)26(6)16-20(28)27(9-3)10-4;/h11-14,17H,7-10,15-16H2,1-6H3,(H,23,24)(H,25,29);1H. The van der Waals surface area contributed by atoms with E-state index < -0.39 is 0 Å². The summed E-state index contributed by atoms with van der Waals surface area (Å²) < 4.78 is 0. The van der Waals surface area contributed by atoms with Crippen molar-refractivity contribution in [2.24, 2.45) is 4.99 Å². The number of nitrogens with zero attached hydrogens (tertiary/aromatic N) is 3. The molecule has 0 heterocycles. The maximum absolute atomic E-state index is 12.4. The zero-order chi connectivity index (χ0) is 21.8. The Morgan fingerprint density at radius 2 is 1.67 bits per heavy atom. The van der Waals surface area contributed by atoms with Gasteiger partial charge in [-0.3, -0.25) is 9.59 Å². The van der Waals surface area contributed by atoms with Crippen molar-refractivity contribution >= 4 is 41.8 Å². The van der Waals surface area contributed by atoms with Crippen LogP contribution in [0.15, 0.2) is 29.3 Å². The lowest BCUT2D eigenvalue weighted by molar-refractivity contribution is -0.131. The van der Waals surface area contributed by atoms with E-state index >= 15 is 0 Å². The van der Waals surface area contributed by atoms with Gasteiger partial charge in [-0.05, 0) is 51.8 Å². The van der Waals surface area contributed by atoms with Crippen molar-refractivity contribution < 1.29 is 9.59 Å². The zero-order valence-corrected chi connectivity index (χ0v) is 21.5. The maximum Gasteiger partial charge on any atom is 0.251 e. The lowest BCUT2D eigenvalue weighted by atomic mass is 10.1. The molecule has 0 aliphatic heterocycles. The van der Waals surface area contributed by atoms with E-state index in [4.69, 9.17) is 0 Å². The molecule has 0 fully saturated rings. The van der Waals surface area contributed by atoms with Gasteiger partial charge in [0.2, 0.25) is 5.91 Å². The normalized spacial score (nSPS) is 11.9. The summed E-state index contributed by atoms with van der Waals surface area (Å²) in [6.07, 6.45) is 0.899. The third-order valence-electron chi connectivity index (χ3n) is 4.80. The van der Waals surface area contributed by atoms with Crippen LogP contribution in [-0.2, 0) is 11.3 Å². The first kappa shape index (κ1) is 28.2. The minimum absolute atomic E-state index is 0. The SMILES string of the molecule is CCNC(=NCc1ccc(C(=O)NC(C)CC)cc1)N(C)CC(=O)N(CC)CC.I. The Balaban J connectivity index is 0.00000841.